The highest BCUT2D eigenvalue weighted by Crippen LogP contribution is 2.11. The molecule has 0 aliphatic rings. The highest BCUT2D eigenvalue weighted by molar-refractivity contribution is 5.25. The Morgan fingerprint density at radius 2 is 1.90 bits per heavy atom. The Hall–Kier alpha value is -2.07. The lowest BCUT2D eigenvalue weighted by Gasteiger charge is -2.12. The van der Waals surface area contributed by atoms with E-state index in [-0.39, 0.29) is 12.4 Å². The molecule has 0 saturated carbocycles. The Bertz CT molecular complexity index is 633. The van der Waals surface area contributed by atoms with Gasteiger partial charge in [-0.1, -0.05) is 30.3 Å². The van der Waals surface area contributed by atoms with Crippen LogP contribution in [-0.4, -0.2) is 27.9 Å². The summed E-state index contributed by atoms with van der Waals surface area (Å²) >= 11 is 0. The van der Waals surface area contributed by atoms with Gasteiger partial charge in [0, 0.05) is 25.9 Å². The Morgan fingerprint density at radius 1 is 1.14 bits per heavy atom. The van der Waals surface area contributed by atoms with E-state index in [9.17, 15) is 5.11 Å². The molecule has 2 N–H and O–H groups in total. The second-order valence-corrected chi connectivity index (χ2v) is 5.02. The van der Waals surface area contributed by atoms with Crippen LogP contribution in [0, 0.1) is 6.92 Å². The van der Waals surface area contributed by atoms with Crippen LogP contribution in [0.15, 0.2) is 47.6 Å². The summed E-state index contributed by atoms with van der Waals surface area (Å²) in [6.07, 6.45) is 3.49. The third kappa shape index (κ3) is 4.20. The summed E-state index contributed by atoms with van der Waals surface area (Å²) in [6.45, 7) is 3.36. The van der Waals surface area contributed by atoms with Gasteiger partial charge in [-0.05, 0) is 31.4 Å². The summed E-state index contributed by atoms with van der Waals surface area (Å²) in [5.74, 6) is 0.225. The molecule has 0 unspecified atom stereocenters. The number of pyridine rings is 1. The number of aromatic nitrogens is 1. The fraction of sp³-hybridized carbons (Fsp3) is 0.353. The lowest BCUT2D eigenvalue weighted by Crippen LogP contribution is -2.13. The molecule has 21 heavy (non-hydrogen) atoms. The van der Waals surface area contributed by atoms with Gasteiger partial charge in [-0.2, -0.15) is 0 Å². The summed E-state index contributed by atoms with van der Waals surface area (Å²) in [6, 6.07) is 12.1. The molecule has 0 aliphatic carbocycles. The summed E-state index contributed by atoms with van der Waals surface area (Å²) in [7, 11) is 0. The van der Waals surface area contributed by atoms with Gasteiger partial charge in [0.15, 0.2) is 5.75 Å². The van der Waals surface area contributed by atoms with Crippen molar-refractivity contribution in [1.29, 1.82) is 0 Å². The monoisotopic (exact) mass is 286 g/mol. The highest BCUT2D eigenvalue weighted by atomic mass is 16.3. The van der Waals surface area contributed by atoms with Gasteiger partial charge in [0.2, 0.25) is 0 Å². The molecule has 0 saturated heterocycles. The van der Waals surface area contributed by atoms with E-state index in [0.717, 1.165) is 18.7 Å². The zero-order chi connectivity index (χ0) is 15.1. The molecule has 1 heterocycles. The number of aromatic hydroxyl groups is 1. The van der Waals surface area contributed by atoms with Crippen molar-refractivity contribution in [3.05, 3.63) is 59.2 Å². The highest BCUT2D eigenvalue weighted by Gasteiger charge is 2.04. The Morgan fingerprint density at radius 3 is 2.62 bits per heavy atom. The first-order chi connectivity index (χ1) is 10.2. The van der Waals surface area contributed by atoms with Crippen LogP contribution < -0.4 is 5.36 Å². The van der Waals surface area contributed by atoms with Crippen molar-refractivity contribution in [3.8, 4) is 5.75 Å². The molecule has 2 aromatic rings. The van der Waals surface area contributed by atoms with Crippen molar-refractivity contribution in [2.45, 2.75) is 26.3 Å². The number of nitrogens with zero attached hydrogens (tertiary/aromatic N) is 2. The van der Waals surface area contributed by atoms with Crippen LogP contribution in [0.1, 0.15) is 17.7 Å². The van der Waals surface area contributed by atoms with E-state index in [0.29, 0.717) is 18.3 Å². The summed E-state index contributed by atoms with van der Waals surface area (Å²) < 4.78 is 2.04. The largest absolute Gasteiger partial charge is 0.504 e. The van der Waals surface area contributed by atoms with E-state index < -0.39 is 0 Å². The van der Waals surface area contributed by atoms with Crippen molar-refractivity contribution in [1.82, 2.24) is 4.57 Å². The zero-order valence-electron chi connectivity index (χ0n) is 12.4. The number of aliphatic hydroxyl groups is 1. The van der Waals surface area contributed by atoms with E-state index >= 15 is 0 Å². The van der Waals surface area contributed by atoms with Crippen LogP contribution in [0.5, 0.6) is 5.75 Å². The average molecular weight is 286 g/mol. The summed E-state index contributed by atoms with van der Waals surface area (Å²) in [4.78, 5) is 4.29. The maximum absolute atomic E-state index is 10.2. The Balaban J connectivity index is 2.11. The number of benzene rings is 1. The lowest BCUT2D eigenvalue weighted by molar-refractivity contribution is 0.290. The second kappa shape index (κ2) is 7.64. The van der Waals surface area contributed by atoms with Gasteiger partial charge in [-0.25, -0.2) is 0 Å². The van der Waals surface area contributed by atoms with E-state index in [4.69, 9.17) is 5.11 Å². The fourth-order valence-corrected chi connectivity index (χ4v) is 2.21. The minimum absolute atomic E-state index is 0.118. The topological polar surface area (TPSA) is 57.8 Å². The average Bonchev–Trinajstić information content (AvgIpc) is 2.52. The van der Waals surface area contributed by atoms with Crippen molar-refractivity contribution in [2.75, 3.05) is 13.2 Å². The standard InChI is InChI=1S/C17H22N2O2/c1-14-17(21)16(18-10-5-13-20)9-12-19(14)11-8-15-6-3-2-4-7-15/h2-4,6-7,9,12,20-21H,5,8,10-11,13H2,1H3. The van der Waals surface area contributed by atoms with Gasteiger partial charge in [0.25, 0.3) is 0 Å². The number of rotatable bonds is 6. The molecule has 0 aliphatic heterocycles. The molecule has 0 bridgehead atoms. The first kappa shape index (κ1) is 15.3. The summed E-state index contributed by atoms with van der Waals surface area (Å²) in [5.41, 5.74) is 2.09. The van der Waals surface area contributed by atoms with Gasteiger partial charge >= 0.3 is 0 Å². The van der Waals surface area contributed by atoms with Gasteiger partial charge in [0.05, 0.1) is 5.69 Å². The first-order valence-electron chi connectivity index (χ1n) is 7.26. The molecule has 1 aromatic carbocycles. The third-order valence-corrected chi connectivity index (χ3v) is 3.51. The molecule has 4 heteroatoms. The molecule has 2 rings (SSSR count). The van der Waals surface area contributed by atoms with E-state index in [2.05, 4.69) is 17.1 Å². The number of aryl methyl sites for hydroxylation is 2. The fourth-order valence-electron chi connectivity index (χ4n) is 2.21. The van der Waals surface area contributed by atoms with Gasteiger partial charge < -0.3 is 14.8 Å². The van der Waals surface area contributed by atoms with Gasteiger partial charge in [-0.15, -0.1) is 0 Å². The molecule has 1 aromatic heterocycles. The van der Waals surface area contributed by atoms with Crippen LogP contribution in [-0.2, 0) is 13.0 Å². The predicted octanol–water partition coefficient (Wildman–Crippen LogP) is 2.03. The number of hydrogen-bond acceptors (Lipinski definition) is 3. The number of aliphatic hydroxyl groups excluding tert-OH is 1. The third-order valence-electron chi connectivity index (χ3n) is 3.51. The normalized spacial score (nSPS) is 11.8. The van der Waals surface area contributed by atoms with Crippen LogP contribution in [0.25, 0.3) is 0 Å². The van der Waals surface area contributed by atoms with E-state index in [1.54, 1.807) is 0 Å². The van der Waals surface area contributed by atoms with Crippen LogP contribution in [0.4, 0.5) is 0 Å². The molecule has 0 radical (unpaired) electrons. The molecular weight excluding hydrogens is 264 g/mol. The van der Waals surface area contributed by atoms with Crippen LogP contribution >= 0.6 is 0 Å². The van der Waals surface area contributed by atoms with E-state index in [1.807, 2.05) is 42.0 Å². The van der Waals surface area contributed by atoms with Gasteiger partial charge in [0.1, 0.15) is 5.36 Å². The smallest absolute Gasteiger partial charge is 0.160 e. The molecule has 0 fully saturated rings. The molecule has 0 atom stereocenters. The molecule has 4 nitrogen and oxygen atoms in total. The summed E-state index contributed by atoms with van der Waals surface area (Å²) in [5, 5.41) is 19.6. The van der Waals surface area contributed by atoms with Crippen molar-refractivity contribution < 1.29 is 10.2 Å². The maximum Gasteiger partial charge on any atom is 0.160 e. The SMILES string of the molecule is Cc1c(O)c(=NCCCO)ccn1CCc1ccccc1. The van der Waals surface area contributed by atoms with Gasteiger partial charge in [-0.3, -0.25) is 4.99 Å². The van der Waals surface area contributed by atoms with Crippen molar-refractivity contribution >= 4 is 0 Å². The molecule has 112 valence electrons. The minimum atomic E-state index is 0.118. The minimum Gasteiger partial charge on any atom is -0.504 e. The Labute approximate surface area is 125 Å². The first-order valence-corrected chi connectivity index (χ1v) is 7.26. The lowest BCUT2D eigenvalue weighted by atomic mass is 10.1. The molecular formula is C17H22N2O2. The predicted molar refractivity (Wildman–Crippen MR) is 83.1 cm³/mol. The molecule has 0 spiro atoms. The van der Waals surface area contributed by atoms with Crippen molar-refractivity contribution in [2.24, 2.45) is 4.99 Å². The van der Waals surface area contributed by atoms with Crippen LogP contribution in [0.3, 0.4) is 0 Å². The second-order valence-electron chi connectivity index (χ2n) is 5.02. The number of hydrogen-bond donors (Lipinski definition) is 2. The van der Waals surface area contributed by atoms with E-state index in [1.165, 1.54) is 5.56 Å². The van der Waals surface area contributed by atoms with Crippen molar-refractivity contribution in [3.63, 3.8) is 0 Å². The Kier molecular flexibility index (Phi) is 5.58. The zero-order valence-corrected chi connectivity index (χ0v) is 12.4. The molecule has 0 amide bonds. The maximum atomic E-state index is 10.2. The van der Waals surface area contributed by atoms with Crippen LogP contribution in [0.2, 0.25) is 0 Å². The quantitative estimate of drug-likeness (QED) is 0.798.